The molecule has 0 fully saturated rings. The number of carbonyl (C=O) groups is 2. The minimum Gasteiger partial charge on any atom is -0.503 e. The smallest absolute Gasteiger partial charge is 0.290 e. The van der Waals surface area contributed by atoms with Gasteiger partial charge in [-0.15, -0.1) is 0 Å². The van der Waals surface area contributed by atoms with Crippen LogP contribution in [0.4, 0.5) is 0 Å². The first-order valence-electron chi connectivity index (χ1n) is 9.71. The molecule has 1 aliphatic rings. The molecule has 7 heteroatoms. The molecular weight excluding hydrogens is 382 g/mol. The second kappa shape index (κ2) is 7.76. The van der Waals surface area contributed by atoms with Crippen molar-refractivity contribution in [1.29, 1.82) is 0 Å². The third-order valence-electron chi connectivity index (χ3n) is 5.20. The van der Waals surface area contributed by atoms with Gasteiger partial charge in [-0.2, -0.15) is 0 Å². The van der Waals surface area contributed by atoms with E-state index >= 15 is 0 Å². The first kappa shape index (κ1) is 19.8. The summed E-state index contributed by atoms with van der Waals surface area (Å²) < 4.78 is 5.75. The van der Waals surface area contributed by atoms with Gasteiger partial charge in [0.15, 0.2) is 11.5 Å². The van der Waals surface area contributed by atoms with Crippen LogP contribution in [0.25, 0.3) is 11.0 Å². The molecule has 1 aromatic carbocycles. The van der Waals surface area contributed by atoms with Gasteiger partial charge in [-0.3, -0.25) is 14.6 Å². The van der Waals surface area contributed by atoms with Gasteiger partial charge in [0.1, 0.15) is 11.6 Å². The van der Waals surface area contributed by atoms with Crippen LogP contribution in [-0.2, 0) is 4.79 Å². The number of amides is 1. The Kier molecular flexibility index (Phi) is 5.13. The molecule has 0 spiro atoms. The first-order chi connectivity index (χ1) is 14.4. The van der Waals surface area contributed by atoms with Gasteiger partial charge in [-0.1, -0.05) is 17.7 Å². The van der Waals surface area contributed by atoms with E-state index in [1.54, 1.807) is 36.5 Å². The highest BCUT2D eigenvalue weighted by atomic mass is 16.3. The molecule has 4 rings (SSSR count). The third kappa shape index (κ3) is 3.48. The molecule has 2 aromatic heterocycles. The minimum atomic E-state index is -0.777. The summed E-state index contributed by atoms with van der Waals surface area (Å²) >= 11 is 0. The Morgan fingerprint density at radius 2 is 2.03 bits per heavy atom. The lowest BCUT2D eigenvalue weighted by Crippen LogP contribution is -2.36. The Morgan fingerprint density at radius 3 is 2.73 bits per heavy atom. The zero-order chi connectivity index (χ0) is 21.4. The summed E-state index contributed by atoms with van der Waals surface area (Å²) in [6.45, 7) is 2.87. The predicted octanol–water partition coefficient (Wildman–Crippen LogP) is 3.28. The number of aryl methyl sites for hydroxylation is 1. The van der Waals surface area contributed by atoms with Crippen LogP contribution in [-0.4, -0.2) is 58.8 Å². The Hall–Kier alpha value is -3.45. The fourth-order valence-electron chi connectivity index (χ4n) is 3.68. The molecule has 0 aliphatic carbocycles. The number of hydrogen-bond acceptors (Lipinski definition) is 6. The van der Waals surface area contributed by atoms with Crippen LogP contribution in [0.1, 0.15) is 27.9 Å². The van der Waals surface area contributed by atoms with Crippen LogP contribution in [0.2, 0.25) is 0 Å². The molecular formula is C23H23N3O4. The first-order valence-corrected chi connectivity index (χ1v) is 9.71. The largest absolute Gasteiger partial charge is 0.503 e. The van der Waals surface area contributed by atoms with E-state index in [-0.39, 0.29) is 11.3 Å². The van der Waals surface area contributed by atoms with Gasteiger partial charge < -0.3 is 19.3 Å². The predicted molar refractivity (Wildman–Crippen MR) is 112 cm³/mol. The summed E-state index contributed by atoms with van der Waals surface area (Å²) in [5.41, 5.74) is 2.13. The standard InChI is InChI=1S/C23H23N3O4/c1-14-7-8-17-15(12-14)13-18(30-17)21(27)19-20(16-6-4-5-9-24-16)26(11-10-25(2)3)23(29)22(19)28/h4-9,12-13,20,28H,10-11H2,1-3H3. The number of nitrogens with zero attached hydrogens (tertiary/aromatic N) is 3. The highest BCUT2D eigenvalue weighted by Gasteiger charge is 2.45. The molecule has 0 bridgehead atoms. The molecule has 7 nitrogen and oxygen atoms in total. The molecule has 1 unspecified atom stereocenters. The number of benzene rings is 1. The van der Waals surface area contributed by atoms with E-state index < -0.39 is 23.5 Å². The van der Waals surface area contributed by atoms with Crippen LogP contribution < -0.4 is 0 Å². The van der Waals surface area contributed by atoms with Crippen LogP contribution >= 0.6 is 0 Å². The molecule has 3 heterocycles. The van der Waals surface area contributed by atoms with Crippen LogP contribution in [0.3, 0.4) is 0 Å². The number of pyridine rings is 1. The highest BCUT2D eigenvalue weighted by Crippen LogP contribution is 2.38. The SMILES string of the molecule is Cc1ccc2oc(C(=O)C3=C(O)C(=O)N(CCN(C)C)C3c3ccccn3)cc2c1. The van der Waals surface area contributed by atoms with E-state index in [2.05, 4.69) is 4.98 Å². The number of aliphatic hydroxyl groups excluding tert-OH is 1. The van der Waals surface area contributed by atoms with Crippen molar-refractivity contribution in [2.45, 2.75) is 13.0 Å². The molecule has 30 heavy (non-hydrogen) atoms. The fraction of sp³-hybridized carbons (Fsp3) is 0.261. The Labute approximate surface area is 174 Å². The van der Waals surface area contributed by atoms with Gasteiger partial charge in [-0.05, 0) is 51.4 Å². The lowest BCUT2D eigenvalue weighted by Gasteiger charge is -2.27. The van der Waals surface area contributed by atoms with Crippen molar-refractivity contribution in [3.63, 3.8) is 0 Å². The number of aromatic nitrogens is 1. The van der Waals surface area contributed by atoms with Gasteiger partial charge >= 0.3 is 0 Å². The van der Waals surface area contributed by atoms with Gasteiger partial charge in [0.2, 0.25) is 5.78 Å². The number of fused-ring (bicyclic) bond motifs is 1. The van der Waals surface area contributed by atoms with Gasteiger partial charge in [-0.25, -0.2) is 0 Å². The number of furan rings is 1. The van der Waals surface area contributed by atoms with Crippen molar-refractivity contribution >= 4 is 22.7 Å². The molecule has 1 N–H and O–H groups in total. The van der Waals surface area contributed by atoms with Crippen molar-refractivity contribution in [2.75, 3.05) is 27.2 Å². The van der Waals surface area contributed by atoms with Crippen LogP contribution in [0.15, 0.2) is 64.4 Å². The summed E-state index contributed by atoms with van der Waals surface area (Å²) in [5, 5.41) is 11.5. The van der Waals surface area contributed by atoms with Crippen LogP contribution in [0.5, 0.6) is 0 Å². The zero-order valence-corrected chi connectivity index (χ0v) is 17.1. The summed E-state index contributed by atoms with van der Waals surface area (Å²) in [6, 6.07) is 11.8. The van der Waals surface area contributed by atoms with Gasteiger partial charge in [0, 0.05) is 24.7 Å². The van der Waals surface area contributed by atoms with Gasteiger partial charge in [0.05, 0.1) is 11.3 Å². The van der Waals surface area contributed by atoms with E-state index in [4.69, 9.17) is 4.42 Å². The molecule has 0 radical (unpaired) electrons. The number of likely N-dealkylation sites (N-methyl/N-ethyl adjacent to an activating group) is 1. The second-order valence-electron chi connectivity index (χ2n) is 7.70. The van der Waals surface area contributed by atoms with E-state index in [0.29, 0.717) is 24.4 Å². The van der Waals surface area contributed by atoms with Crippen LogP contribution in [0, 0.1) is 6.92 Å². The molecule has 1 amide bonds. The zero-order valence-electron chi connectivity index (χ0n) is 17.1. The highest BCUT2D eigenvalue weighted by molar-refractivity contribution is 6.15. The summed E-state index contributed by atoms with van der Waals surface area (Å²) in [6.07, 6.45) is 1.60. The number of rotatable bonds is 6. The quantitative estimate of drug-likeness (QED) is 0.634. The molecule has 154 valence electrons. The normalized spacial score (nSPS) is 16.9. The summed E-state index contributed by atoms with van der Waals surface area (Å²) in [4.78, 5) is 34.0. The monoisotopic (exact) mass is 405 g/mol. The topological polar surface area (TPSA) is 86.9 Å². The lowest BCUT2D eigenvalue weighted by atomic mass is 9.98. The number of Topliss-reactive ketones (excluding diaryl/α,β-unsaturated/α-hetero) is 1. The molecule has 1 atom stereocenters. The average Bonchev–Trinajstić information content (AvgIpc) is 3.25. The van der Waals surface area contributed by atoms with Crippen molar-refractivity contribution < 1.29 is 19.1 Å². The molecule has 3 aromatic rings. The number of aliphatic hydroxyl groups is 1. The van der Waals surface area contributed by atoms with Gasteiger partial charge in [0.25, 0.3) is 5.91 Å². The summed E-state index contributed by atoms with van der Waals surface area (Å²) in [7, 11) is 3.79. The Balaban J connectivity index is 1.78. The maximum Gasteiger partial charge on any atom is 0.290 e. The van der Waals surface area contributed by atoms with E-state index in [0.717, 1.165) is 10.9 Å². The molecule has 1 aliphatic heterocycles. The third-order valence-corrected chi connectivity index (χ3v) is 5.20. The van der Waals surface area contributed by atoms with E-state index in [1.807, 2.05) is 38.1 Å². The molecule has 0 saturated heterocycles. The van der Waals surface area contributed by atoms with E-state index in [1.165, 1.54) is 4.90 Å². The number of carbonyl (C=O) groups excluding carboxylic acids is 2. The van der Waals surface area contributed by atoms with Crippen molar-refractivity contribution in [1.82, 2.24) is 14.8 Å². The minimum absolute atomic E-state index is 0.00626. The average molecular weight is 405 g/mol. The number of ketones is 1. The van der Waals surface area contributed by atoms with Crippen molar-refractivity contribution in [2.24, 2.45) is 0 Å². The fourth-order valence-corrected chi connectivity index (χ4v) is 3.68. The maximum absolute atomic E-state index is 13.4. The maximum atomic E-state index is 13.4. The van der Waals surface area contributed by atoms with Crippen molar-refractivity contribution in [3.8, 4) is 0 Å². The Morgan fingerprint density at radius 1 is 1.23 bits per heavy atom. The number of hydrogen-bond donors (Lipinski definition) is 1. The van der Waals surface area contributed by atoms with Crippen molar-refractivity contribution in [3.05, 3.63) is 77.0 Å². The van der Waals surface area contributed by atoms with E-state index in [9.17, 15) is 14.7 Å². The molecule has 0 saturated carbocycles. The summed E-state index contributed by atoms with van der Waals surface area (Å²) in [5.74, 6) is -1.56. The Bertz CT molecular complexity index is 1150. The second-order valence-corrected chi connectivity index (χ2v) is 7.70. The lowest BCUT2D eigenvalue weighted by molar-refractivity contribution is -0.129.